The predicted octanol–water partition coefficient (Wildman–Crippen LogP) is 3.65. The summed E-state index contributed by atoms with van der Waals surface area (Å²) in [5.74, 6) is 0.758. The Bertz CT molecular complexity index is 867. The van der Waals surface area contributed by atoms with Crippen molar-refractivity contribution in [3.05, 3.63) is 52.2 Å². The largest absolute Gasteiger partial charge is 0.354 e. The summed E-state index contributed by atoms with van der Waals surface area (Å²) in [6.07, 6.45) is 4.58. The van der Waals surface area contributed by atoms with E-state index in [4.69, 9.17) is 0 Å². The topological polar surface area (TPSA) is 60.0 Å². The molecule has 2 aromatic rings. The monoisotopic (exact) mass is 553 g/mol. The number of halogens is 1. The summed E-state index contributed by atoms with van der Waals surface area (Å²) in [6.45, 7) is 4.08. The molecule has 0 aliphatic carbocycles. The summed E-state index contributed by atoms with van der Waals surface area (Å²) in [4.78, 5) is 23.0. The van der Waals surface area contributed by atoms with E-state index in [2.05, 4.69) is 44.1 Å². The number of fused-ring (bicyclic) bond motifs is 1. The zero-order chi connectivity index (χ0) is 20.8. The number of carbonyl (C=O) groups excluding carboxylic acids is 1. The number of rotatable bonds is 6. The maximum Gasteiger partial charge on any atom is 0.246 e. The van der Waals surface area contributed by atoms with Crippen LogP contribution in [0, 0.1) is 0 Å². The number of nitrogens with zero attached hydrogens (tertiary/aromatic N) is 3. The van der Waals surface area contributed by atoms with Crippen LogP contribution in [0.4, 0.5) is 5.69 Å². The first kappa shape index (κ1) is 24.0. The van der Waals surface area contributed by atoms with Crippen LogP contribution >= 0.6 is 35.3 Å². The van der Waals surface area contributed by atoms with Gasteiger partial charge >= 0.3 is 0 Å². The number of thiophene rings is 1. The molecule has 8 heteroatoms. The third-order valence-corrected chi connectivity index (χ3v) is 6.93. The predicted molar refractivity (Wildman–Crippen MR) is 140 cm³/mol. The quantitative estimate of drug-likeness (QED) is 0.326. The highest BCUT2D eigenvalue weighted by molar-refractivity contribution is 14.0. The molecule has 168 valence electrons. The standard InChI is InChI=1S/C23H31N5OS.HI/c1-24-23(25-16-20(21-11-7-15-30-21)27-12-4-5-13-27)26-17-22(29)28-14-6-9-18-8-2-3-10-19(18)28;/h2-3,7-8,10-11,15,20H,4-6,9,12-14,16-17H2,1H3,(H2,24,25,26);1H. The molecule has 0 saturated carbocycles. The van der Waals surface area contributed by atoms with Gasteiger partial charge in [0.25, 0.3) is 0 Å². The molecule has 0 bridgehead atoms. The van der Waals surface area contributed by atoms with Gasteiger partial charge in [-0.15, -0.1) is 35.3 Å². The van der Waals surface area contributed by atoms with Crippen LogP contribution in [0.1, 0.15) is 35.7 Å². The van der Waals surface area contributed by atoms with E-state index < -0.39 is 0 Å². The third kappa shape index (κ3) is 5.98. The number of anilines is 1. The fourth-order valence-electron chi connectivity index (χ4n) is 4.41. The van der Waals surface area contributed by atoms with Crippen molar-refractivity contribution < 1.29 is 4.79 Å². The number of para-hydroxylation sites is 1. The Morgan fingerprint density at radius 1 is 1.10 bits per heavy atom. The van der Waals surface area contributed by atoms with Crippen molar-refractivity contribution in [3.8, 4) is 0 Å². The molecule has 1 aromatic carbocycles. The van der Waals surface area contributed by atoms with Gasteiger partial charge in [-0.25, -0.2) is 0 Å². The van der Waals surface area contributed by atoms with Crippen LogP contribution < -0.4 is 15.5 Å². The Labute approximate surface area is 206 Å². The lowest BCUT2D eigenvalue weighted by atomic mass is 10.0. The van der Waals surface area contributed by atoms with E-state index >= 15 is 0 Å². The van der Waals surface area contributed by atoms with E-state index in [9.17, 15) is 4.79 Å². The number of aryl methyl sites for hydroxylation is 1. The van der Waals surface area contributed by atoms with Crippen LogP contribution in [0.15, 0.2) is 46.8 Å². The number of aliphatic imine (C=N–C) groups is 1. The Morgan fingerprint density at radius 3 is 2.65 bits per heavy atom. The second kappa shape index (κ2) is 11.8. The minimum Gasteiger partial charge on any atom is -0.354 e. The van der Waals surface area contributed by atoms with Crippen molar-refractivity contribution in [3.63, 3.8) is 0 Å². The molecule has 2 aliphatic heterocycles. The van der Waals surface area contributed by atoms with Gasteiger partial charge in [0, 0.05) is 30.7 Å². The van der Waals surface area contributed by atoms with E-state index in [1.165, 1.54) is 23.3 Å². The number of hydrogen-bond acceptors (Lipinski definition) is 4. The van der Waals surface area contributed by atoms with Crippen molar-refractivity contribution in [1.29, 1.82) is 0 Å². The fourth-order valence-corrected chi connectivity index (χ4v) is 5.27. The van der Waals surface area contributed by atoms with Gasteiger partial charge in [0.2, 0.25) is 5.91 Å². The summed E-state index contributed by atoms with van der Waals surface area (Å²) in [5.41, 5.74) is 2.30. The summed E-state index contributed by atoms with van der Waals surface area (Å²) in [5, 5.41) is 8.81. The lowest BCUT2D eigenvalue weighted by Gasteiger charge is -2.30. The molecule has 0 radical (unpaired) electrons. The Hall–Kier alpha value is -1.65. The number of hydrogen-bond donors (Lipinski definition) is 2. The van der Waals surface area contributed by atoms with Gasteiger partial charge in [0.05, 0.1) is 12.6 Å². The first-order valence-corrected chi connectivity index (χ1v) is 11.7. The zero-order valence-electron chi connectivity index (χ0n) is 18.0. The van der Waals surface area contributed by atoms with E-state index in [-0.39, 0.29) is 36.4 Å². The molecule has 1 unspecified atom stereocenters. The normalized spacial score (nSPS) is 17.6. The first-order valence-electron chi connectivity index (χ1n) is 10.9. The van der Waals surface area contributed by atoms with Crippen LogP contribution in [0.25, 0.3) is 0 Å². The van der Waals surface area contributed by atoms with Gasteiger partial charge < -0.3 is 15.5 Å². The van der Waals surface area contributed by atoms with Crippen LogP contribution in [0.2, 0.25) is 0 Å². The highest BCUT2D eigenvalue weighted by atomic mass is 127. The van der Waals surface area contributed by atoms with Gasteiger partial charge in [-0.3, -0.25) is 14.7 Å². The molecule has 1 aromatic heterocycles. The number of likely N-dealkylation sites (tertiary alicyclic amines) is 1. The van der Waals surface area contributed by atoms with Gasteiger partial charge in [0.15, 0.2) is 5.96 Å². The average molecular weight is 554 g/mol. The molecule has 1 atom stereocenters. The van der Waals surface area contributed by atoms with Gasteiger partial charge in [0.1, 0.15) is 0 Å². The molecule has 1 saturated heterocycles. The Kier molecular flexibility index (Phi) is 9.15. The Balaban J connectivity index is 0.00000272. The zero-order valence-corrected chi connectivity index (χ0v) is 21.2. The molecule has 4 rings (SSSR count). The molecular formula is C23H32IN5OS. The molecular weight excluding hydrogens is 521 g/mol. The van der Waals surface area contributed by atoms with Gasteiger partial charge in [-0.05, 0) is 61.8 Å². The molecule has 3 heterocycles. The maximum absolute atomic E-state index is 12.9. The number of amides is 1. The van der Waals surface area contributed by atoms with Crippen molar-refractivity contribution in [2.24, 2.45) is 4.99 Å². The summed E-state index contributed by atoms with van der Waals surface area (Å²) in [7, 11) is 1.76. The van der Waals surface area contributed by atoms with Gasteiger partial charge in [-0.1, -0.05) is 24.3 Å². The molecule has 2 aliphatic rings. The van der Waals surface area contributed by atoms with Crippen LogP contribution in [-0.2, 0) is 11.2 Å². The highest BCUT2D eigenvalue weighted by Gasteiger charge is 2.25. The molecule has 6 nitrogen and oxygen atoms in total. The number of nitrogens with one attached hydrogen (secondary N) is 2. The minimum atomic E-state index is 0. The highest BCUT2D eigenvalue weighted by Crippen LogP contribution is 2.28. The first-order chi connectivity index (χ1) is 14.8. The molecule has 31 heavy (non-hydrogen) atoms. The molecule has 1 fully saturated rings. The van der Waals surface area contributed by atoms with Crippen molar-refractivity contribution >= 4 is 52.9 Å². The number of guanidine groups is 1. The van der Waals surface area contributed by atoms with E-state index in [1.807, 2.05) is 23.1 Å². The van der Waals surface area contributed by atoms with E-state index in [0.29, 0.717) is 12.0 Å². The van der Waals surface area contributed by atoms with E-state index in [1.54, 1.807) is 18.4 Å². The second-order valence-electron chi connectivity index (χ2n) is 7.86. The number of carbonyl (C=O) groups is 1. The molecule has 1 amide bonds. The van der Waals surface area contributed by atoms with Crippen molar-refractivity contribution in [2.75, 3.05) is 44.7 Å². The maximum atomic E-state index is 12.9. The number of benzene rings is 1. The Morgan fingerprint density at radius 2 is 1.90 bits per heavy atom. The minimum absolute atomic E-state index is 0. The fraction of sp³-hybridized carbons (Fsp3) is 0.478. The van der Waals surface area contributed by atoms with E-state index in [0.717, 1.165) is 44.7 Å². The van der Waals surface area contributed by atoms with Crippen molar-refractivity contribution in [1.82, 2.24) is 15.5 Å². The summed E-state index contributed by atoms with van der Waals surface area (Å²) in [6, 6.07) is 12.9. The lowest BCUT2D eigenvalue weighted by molar-refractivity contribution is -0.117. The van der Waals surface area contributed by atoms with Crippen LogP contribution in [0.5, 0.6) is 0 Å². The second-order valence-corrected chi connectivity index (χ2v) is 8.84. The van der Waals surface area contributed by atoms with Crippen LogP contribution in [0.3, 0.4) is 0 Å². The average Bonchev–Trinajstić information content (AvgIpc) is 3.50. The summed E-state index contributed by atoms with van der Waals surface area (Å²) >= 11 is 1.80. The van der Waals surface area contributed by atoms with Gasteiger partial charge in [-0.2, -0.15) is 0 Å². The van der Waals surface area contributed by atoms with Crippen molar-refractivity contribution in [2.45, 2.75) is 31.7 Å². The molecule has 2 N–H and O–H groups in total. The smallest absolute Gasteiger partial charge is 0.246 e. The van der Waals surface area contributed by atoms with Crippen LogP contribution in [-0.4, -0.2) is 56.5 Å². The summed E-state index contributed by atoms with van der Waals surface area (Å²) < 4.78 is 0. The SMILES string of the molecule is CN=C(NCC(=O)N1CCCc2ccccc21)NCC(c1cccs1)N1CCCC1.I. The molecule has 0 spiro atoms. The third-order valence-electron chi connectivity index (χ3n) is 5.96. The lowest BCUT2D eigenvalue weighted by Crippen LogP contribution is -2.47.